The minimum atomic E-state index is -3.61. The first-order chi connectivity index (χ1) is 9.92. The average molecular weight is 300 g/mol. The number of nitrogens with one attached hydrogen (secondary N) is 1. The van der Waals surface area contributed by atoms with Crippen LogP contribution in [0.4, 0.5) is 5.69 Å². The minimum absolute atomic E-state index is 0.183. The smallest absolute Gasteiger partial charge is 0.261 e. The third kappa shape index (κ3) is 3.61. The summed E-state index contributed by atoms with van der Waals surface area (Å²) in [6, 6.07) is 13.8. The molecule has 0 heterocycles. The standard InChI is InChI=1S/C16H16N2O2S/c1-12-3-6-15(11-13(12)2)18-21(19,20)16-7-4-14(5-8-16)9-10-17/h3-8,11,18H,9H2,1-2H3. The van der Waals surface area contributed by atoms with E-state index in [1.807, 2.05) is 26.0 Å². The third-order valence-corrected chi connectivity index (χ3v) is 4.67. The van der Waals surface area contributed by atoms with E-state index >= 15 is 0 Å². The van der Waals surface area contributed by atoms with Crippen molar-refractivity contribution in [2.24, 2.45) is 0 Å². The summed E-state index contributed by atoms with van der Waals surface area (Å²) in [5.74, 6) is 0. The number of sulfonamides is 1. The molecule has 0 amide bonds. The summed E-state index contributed by atoms with van der Waals surface area (Å²) in [6.45, 7) is 3.91. The summed E-state index contributed by atoms with van der Waals surface area (Å²) in [5, 5.41) is 8.61. The number of hydrogen-bond donors (Lipinski definition) is 1. The topological polar surface area (TPSA) is 70.0 Å². The van der Waals surface area contributed by atoms with E-state index in [9.17, 15) is 8.42 Å². The van der Waals surface area contributed by atoms with Gasteiger partial charge in [0.15, 0.2) is 0 Å². The summed E-state index contributed by atoms with van der Waals surface area (Å²) in [4.78, 5) is 0.183. The molecule has 0 saturated carbocycles. The second-order valence-electron chi connectivity index (χ2n) is 4.88. The van der Waals surface area contributed by atoms with Crippen LogP contribution in [0.25, 0.3) is 0 Å². The van der Waals surface area contributed by atoms with Gasteiger partial charge >= 0.3 is 0 Å². The molecule has 5 heteroatoms. The maximum atomic E-state index is 12.3. The predicted molar refractivity (Wildman–Crippen MR) is 82.5 cm³/mol. The van der Waals surface area contributed by atoms with Crippen molar-refractivity contribution in [2.45, 2.75) is 25.2 Å². The molecule has 108 valence electrons. The maximum absolute atomic E-state index is 12.3. The zero-order chi connectivity index (χ0) is 15.5. The van der Waals surface area contributed by atoms with Crippen molar-refractivity contribution in [3.05, 3.63) is 59.2 Å². The van der Waals surface area contributed by atoms with Gasteiger partial charge in [-0.15, -0.1) is 0 Å². The fourth-order valence-electron chi connectivity index (χ4n) is 1.90. The molecule has 0 saturated heterocycles. The van der Waals surface area contributed by atoms with Gasteiger partial charge in [-0.25, -0.2) is 8.42 Å². The Morgan fingerprint density at radius 1 is 1.05 bits per heavy atom. The van der Waals surface area contributed by atoms with Gasteiger partial charge in [-0.2, -0.15) is 5.26 Å². The highest BCUT2D eigenvalue weighted by atomic mass is 32.2. The normalized spacial score (nSPS) is 10.9. The number of benzene rings is 2. The van der Waals surface area contributed by atoms with Gasteiger partial charge in [-0.05, 0) is 54.8 Å². The number of nitrogens with zero attached hydrogens (tertiary/aromatic N) is 1. The Morgan fingerprint density at radius 2 is 1.71 bits per heavy atom. The molecule has 4 nitrogen and oxygen atoms in total. The fourth-order valence-corrected chi connectivity index (χ4v) is 2.95. The van der Waals surface area contributed by atoms with Gasteiger partial charge in [0.05, 0.1) is 17.4 Å². The van der Waals surface area contributed by atoms with Crippen LogP contribution in [0.15, 0.2) is 47.4 Å². The Balaban J connectivity index is 2.25. The Bertz CT molecular complexity index is 788. The Hall–Kier alpha value is -2.32. The van der Waals surface area contributed by atoms with E-state index in [2.05, 4.69) is 4.72 Å². The van der Waals surface area contributed by atoms with E-state index in [0.29, 0.717) is 5.69 Å². The van der Waals surface area contributed by atoms with Crippen molar-refractivity contribution >= 4 is 15.7 Å². The molecule has 0 aliphatic heterocycles. The van der Waals surface area contributed by atoms with Crippen LogP contribution < -0.4 is 4.72 Å². The fraction of sp³-hybridized carbons (Fsp3) is 0.188. The van der Waals surface area contributed by atoms with E-state index in [-0.39, 0.29) is 11.3 Å². The molecule has 0 unspecified atom stereocenters. The number of hydrogen-bond acceptors (Lipinski definition) is 3. The van der Waals surface area contributed by atoms with E-state index < -0.39 is 10.0 Å². The highest BCUT2D eigenvalue weighted by Crippen LogP contribution is 2.19. The van der Waals surface area contributed by atoms with Gasteiger partial charge in [0.1, 0.15) is 0 Å². The molecule has 0 aliphatic carbocycles. The monoisotopic (exact) mass is 300 g/mol. The number of nitriles is 1. The molecule has 0 spiro atoms. The van der Waals surface area contributed by atoms with Gasteiger partial charge in [0.2, 0.25) is 0 Å². The van der Waals surface area contributed by atoms with Gasteiger partial charge in [-0.3, -0.25) is 4.72 Å². The van der Waals surface area contributed by atoms with Crippen molar-refractivity contribution in [3.8, 4) is 6.07 Å². The van der Waals surface area contributed by atoms with E-state index in [1.54, 1.807) is 24.3 Å². The number of aryl methyl sites for hydroxylation is 2. The molecule has 0 atom stereocenters. The molecule has 0 bridgehead atoms. The second kappa shape index (κ2) is 5.98. The van der Waals surface area contributed by atoms with Crippen LogP contribution in [0.2, 0.25) is 0 Å². The van der Waals surface area contributed by atoms with Crippen molar-refractivity contribution < 1.29 is 8.42 Å². The lowest BCUT2D eigenvalue weighted by atomic mass is 10.1. The molecular formula is C16H16N2O2S. The Morgan fingerprint density at radius 3 is 2.29 bits per heavy atom. The summed E-state index contributed by atoms with van der Waals surface area (Å²) in [6.07, 6.45) is 0.269. The molecule has 0 aliphatic rings. The Kier molecular flexibility index (Phi) is 4.29. The molecule has 2 aromatic rings. The summed E-state index contributed by atoms with van der Waals surface area (Å²) < 4.78 is 27.1. The van der Waals surface area contributed by atoms with Gasteiger partial charge in [0, 0.05) is 5.69 Å². The molecule has 2 rings (SSSR count). The van der Waals surface area contributed by atoms with E-state index in [1.165, 1.54) is 12.1 Å². The summed E-state index contributed by atoms with van der Waals surface area (Å²) in [5.41, 5.74) is 3.47. The van der Waals surface area contributed by atoms with Gasteiger partial charge in [0.25, 0.3) is 10.0 Å². The first kappa shape index (κ1) is 15.1. The molecule has 1 N–H and O–H groups in total. The highest BCUT2D eigenvalue weighted by molar-refractivity contribution is 7.92. The van der Waals surface area contributed by atoms with Crippen LogP contribution in [0.1, 0.15) is 16.7 Å². The molecule has 0 aromatic heterocycles. The molecular weight excluding hydrogens is 284 g/mol. The Labute approximate surface area is 125 Å². The lowest BCUT2D eigenvalue weighted by molar-refractivity contribution is 0.601. The van der Waals surface area contributed by atoms with Crippen LogP contribution in [0.3, 0.4) is 0 Å². The predicted octanol–water partition coefficient (Wildman–Crippen LogP) is 3.17. The zero-order valence-electron chi connectivity index (χ0n) is 11.9. The van der Waals surface area contributed by atoms with Crippen LogP contribution in [0, 0.1) is 25.2 Å². The third-order valence-electron chi connectivity index (χ3n) is 3.28. The van der Waals surface area contributed by atoms with Crippen LogP contribution >= 0.6 is 0 Å². The van der Waals surface area contributed by atoms with E-state index in [4.69, 9.17) is 5.26 Å². The van der Waals surface area contributed by atoms with Crippen LogP contribution in [-0.4, -0.2) is 8.42 Å². The van der Waals surface area contributed by atoms with Crippen LogP contribution in [-0.2, 0) is 16.4 Å². The largest absolute Gasteiger partial charge is 0.280 e. The quantitative estimate of drug-likeness (QED) is 0.942. The first-order valence-corrected chi connectivity index (χ1v) is 7.96. The van der Waals surface area contributed by atoms with E-state index in [0.717, 1.165) is 16.7 Å². The first-order valence-electron chi connectivity index (χ1n) is 6.48. The van der Waals surface area contributed by atoms with Gasteiger partial charge in [-0.1, -0.05) is 18.2 Å². The highest BCUT2D eigenvalue weighted by Gasteiger charge is 2.14. The minimum Gasteiger partial charge on any atom is -0.280 e. The average Bonchev–Trinajstić information content (AvgIpc) is 2.44. The zero-order valence-corrected chi connectivity index (χ0v) is 12.7. The lowest BCUT2D eigenvalue weighted by Gasteiger charge is -2.10. The number of anilines is 1. The van der Waals surface area contributed by atoms with Crippen molar-refractivity contribution in [2.75, 3.05) is 4.72 Å². The van der Waals surface area contributed by atoms with Crippen molar-refractivity contribution in [3.63, 3.8) is 0 Å². The molecule has 2 aromatic carbocycles. The van der Waals surface area contributed by atoms with Crippen molar-refractivity contribution in [1.29, 1.82) is 5.26 Å². The molecule has 21 heavy (non-hydrogen) atoms. The van der Waals surface area contributed by atoms with Gasteiger partial charge < -0.3 is 0 Å². The second-order valence-corrected chi connectivity index (χ2v) is 6.57. The maximum Gasteiger partial charge on any atom is 0.261 e. The molecule has 0 radical (unpaired) electrons. The SMILES string of the molecule is Cc1ccc(NS(=O)(=O)c2ccc(CC#N)cc2)cc1C. The molecule has 0 fully saturated rings. The number of rotatable bonds is 4. The van der Waals surface area contributed by atoms with Crippen molar-refractivity contribution in [1.82, 2.24) is 0 Å². The lowest BCUT2D eigenvalue weighted by Crippen LogP contribution is -2.13. The summed E-state index contributed by atoms with van der Waals surface area (Å²) in [7, 11) is -3.61. The summed E-state index contributed by atoms with van der Waals surface area (Å²) >= 11 is 0. The van der Waals surface area contributed by atoms with Crippen LogP contribution in [0.5, 0.6) is 0 Å².